The number of aromatic nitrogens is 2. The van der Waals surface area contributed by atoms with Crippen LogP contribution >= 0.6 is 0 Å². The van der Waals surface area contributed by atoms with Crippen LogP contribution in [0.25, 0.3) is 5.69 Å². The van der Waals surface area contributed by atoms with Gasteiger partial charge in [-0.25, -0.2) is 4.98 Å². The van der Waals surface area contributed by atoms with Crippen molar-refractivity contribution in [3.05, 3.63) is 47.0 Å². The van der Waals surface area contributed by atoms with Crippen molar-refractivity contribution in [3.63, 3.8) is 0 Å². The van der Waals surface area contributed by atoms with Gasteiger partial charge >= 0.3 is 0 Å². The van der Waals surface area contributed by atoms with E-state index in [4.69, 9.17) is 0 Å². The number of nitrogens with zero attached hydrogens (tertiary/aromatic N) is 4. The highest BCUT2D eigenvalue weighted by atomic mass is 16.2. The maximum atomic E-state index is 12.5. The van der Waals surface area contributed by atoms with Crippen molar-refractivity contribution in [2.45, 2.75) is 20.0 Å². The minimum atomic E-state index is 0.0410. The Balaban J connectivity index is 2.29. The number of fused-ring (bicyclic) bond motifs is 3. The number of carbonyl (C=O) groups excluding carboxylic acids is 1. The van der Waals surface area contributed by atoms with Crippen molar-refractivity contribution >= 4 is 12.6 Å². The van der Waals surface area contributed by atoms with E-state index >= 15 is 0 Å². The van der Waals surface area contributed by atoms with Crippen molar-refractivity contribution < 1.29 is 4.79 Å². The second-order valence-corrected chi connectivity index (χ2v) is 5.02. The molecule has 2 heterocycles. The summed E-state index contributed by atoms with van der Waals surface area (Å²) < 4.78 is 1.99. The quantitative estimate of drug-likeness (QED) is 0.782. The van der Waals surface area contributed by atoms with Gasteiger partial charge in [-0.15, -0.1) is 0 Å². The molecule has 0 bridgehead atoms. The zero-order chi connectivity index (χ0) is 14.3. The number of hydrogen-bond acceptors (Lipinski definition) is 3. The molecule has 3 rings (SSSR count). The van der Waals surface area contributed by atoms with E-state index in [2.05, 4.69) is 16.7 Å². The molecule has 20 heavy (non-hydrogen) atoms. The molecule has 0 spiro atoms. The zero-order valence-corrected chi connectivity index (χ0v) is 11.6. The average molecular weight is 268 g/mol. The van der Waals surface area contributed by atoms with E-state index in [1.807, 2.05) is 36.7 Å². The molecule has 0 atom stereocenters. The summed E-state index contributed by atoms with van der Waals surface area (Å²) in [7, 11) is 1.81. The SMILES string of the molecule is C=NCc1ncn2c1CN(C)C(=O)c1c(C)cccc1-2. The molecular formula is C15H16N4O. The summed E-state index contributed by atoms with van der Waals surface area (Å²) in [6, 6.07) is 5.87. The zero-order valence-electron chi connectivity index (χ0n) is 11.6. The standard InChI is InChI=1S/C15H16N4O/c1-10-5-4-6-12-14(10)15(20)18(3)8-13-11(7-16-2)17-9-19(12)13/h4-6,9H,2,7-8H2,1,3H3. The van der Waals surface area contributed by atoms with Gasteiger partial charge in [-0.1, -0.05) is 12.1 Å². The Hall–Kier alpha value is -2.43. The lowest BCUT2D eigenvalue weighted by molar-refractivity contribution is 0.0787. The Kier molecular flexibility index (Phi) is 2.89. The summed E-state index contributed by atoms with van der Waals surface area (Å²) in [5.41, 5.74) is 4.47. The first kappa shape index (κ1) is 12.6. The van der Waals surface area contributed by atoms with Crippen LogP contribution in [-0.4, -0.2) is 34.1 Å². The Bertz CT molecular complexity index is 702. The lowest BCUT2D eigenvalue weighted by atomic mass is 10.1. The lowest BCUT2D eigenvalue weighted by Gasteiger charge is -2.15. The van der Waals surface area contributed by atoms with Gasteiger partial charge in [-0.05, 0) is 25.3 Å². The summed E-state index contributed by atoms with van der Waals surface area (Å²) in [5, 5.41) is 0. The molecule has 5 heteroatoms. The minimum Gasteiger partial charge on any atom is -0.336 e. The Morgan fingerprint density at radius 3 is 3.00 bits per heavy atom. The molecule has 0 unspecified atom stereocenters. The van der Waals surface area contributed by atoms with Gasteiger partial charge in [0.05, 0.1) is 42.1 Å². The molecule has 1 amide bonds. The fourth-order valence-electron chi connectivity index (χ4n) is 2.64. The van der Waals surface area contributed by atoms with E-state index in [0.717, 1.165) is 28.2 Å². The van der Waals surface area contributed by atoms with Crippen molar-refractivity contribution in [1.82, 2.24) is 14.5 Å². The number of aryl methyl sites for hydroxylation is 1. The second kappa shape index (κ2) is 4.59. The van der Waals surface area contributed by atoms with E-state index in [-0.39, 0.29) is 5.91 Å². The lowest BCUT2D eigenvalue weighted by Crippen LogP contribution is -2.26. The summed E-state index contributed by atoms with van der Waals surface area (Å²) >= 11 is 0. The highest BCUT2D eigenvalue weighted by Crippen LogP contribution is 2.27. The molecule has 0 saturated heterocycles. The fraction of sp³-hybridized carbons (Fsp3) is 0.267. The smallest absolute Gasteiger partial charge is 0.256 e. The molecule has 1 aliphatic rings. The van der Waals surface area contributed by atoms with Gasteiger partial charge in [0.15, 0.2) is 0 Å². The van der Waals surface area contributed by atoms with E-state index in [9.17, 15) is 4.79 Å². The number of hydrogen-bond donors (Lipinski definition) is 0. The maximum absolute atomic E-state index is 12.5. The third-order valence-electron chi connectivity index (χ3n) is 3.67. The largest absolute Gasteiger partial charge is 0.336 e. The van der Waals surface area contributed by atoms with E-state index < -0.39 is 0 Å². The number of benzene rings is 1. The normalized spacial score (nSPS) is 13.7. The molecule has 5 nitrogen and oxygen atoms in total. The van der Waals surface area contributed by atoms with E-state index in [1.54, 1.807) is 11.2 Å². The number of rotatable bonds is 2. The molecule has 0 fully saturated rings. The monoisotopic (exact) mass is 268 g/mol. The molecule has 1 aromatic heterocycles. The van der Waals surface area contributed by atoms with Crippen LogP contribution in [-0.2, 0) is 13.1 Å². The summed E-state index contributed by atoms with van der Waals surface area (Å²) in [6.45, 7) is 6.47. The minimum absolute atomic E-state index is 0.0410. The first-order chi connectivity index (χ1) is 9.63. The Morgan fingerprint density at radius 1 is 1.45 bits per heavy atom. The van der Waals surface area contributed by atoms with Gasteiger partial charge in [0, 0.05) is 7.05 Å². The van der Waals surface area contributed by atoms with Crippen molar-refractivity contribution in [2.75, 3.05) is 7.05 Å². The average Bonchev–Trinajstić information content (AvgIpc) is 2.76. The number of imidazole rings is 1. The molecule has 0 aliphatic carbocycles. The Morgan fingerprint density at radius 2 is 2.25 bits per heavy atom. The van der Waals surface area contributed by atoms with Crippen LogP contribution < -0.4 is 0 Å². The van der Waals surface area contributed by atoms with Crippen LogP contribution in [0.2, 0.25) is 0 Å². The highest BCUT2D eigenvalue weighted by molar-refractivity contribution is 5.99. The van der Waals surface area contributed by atoms with Crippen molar-refractivity contribution in [3.8, 4) is 5.69 Å². The molecule has 1 aromatic carbocycles. The summed E-state index contributed by atoms with van der Waals surface area (Å²) in [4.78, 5) is 22.6. The fourth-order valence-corrected chi connectivity index (χ4v) is 2.64. The molecule has 2 aromatic rings. The number of carbonyl (C=O) groups is 1. The van der Waals surface area contributed by atoms with Gasteiger partial charge < -0.3 is 9.47 Å². The maximum Gasteiger partial charge on any atom is 0.256 e. The van der Waals surface area contributed by atoms with Gasteiger partial charge in [-0.3, -0.25) is 9.79 Å². The third kappa shape index (κ3) is 1.74. The van der Waals surface area contributed by atoms with Gasteiger partial charge in [-0.2, -0.15) is 0 Å². The van der Waals surface area contributed by atoms with Crippen LogP contribution in [0.15, 0.2) is 29.5 Å². The first-order valence-electron chi connectivity index (χ1n) is 6.46. The number of aliphatic imine (C=N–C) groups is 1. The van der Waals surface area contributed by atoms with Gasteiger partial charge in [0.2, 0.25) is 0 Å². The van der Waals surface area contributed by atoms with Crippen molar-refractivity contribution in [2.24, 2.45) is 4.99 Å². The molecule has 0 N–H and O–H groups in total. The predicted molar refractivity (Wildman–Crippen MR) is 77.4 cm³/mol. The van der Waals surface area contributed by atoms with Crippen LogP contribution in [0, 0.1) is 6.92 Å². The van der Waals surface area contributed by atoms with Gasteiger partial charge in [0.25, 0.3) is 5.91 Å². The van der Waals surface area contributed by atoms with Crippen LogP contribution in [0.5, 0.6) is 0 Å². The molecule has 102 valence electrons. The number of amides is 1. The molecule has 0 saturated carbocycles. The molecule has 1 aliphatic heterocycles. The second-order valence-electron chi connectivity index (χ2n) is 5.02. The highest BCUT2D eigenvalue weighted by Gasteiger charge is 2.26. The molecular weight excluding hydrogens is 252 g/mol. The van der Waals surface area contributed by atoms with Crippen LogP contribution in [0.1, 0.15) is 27.3 Å². The predicted octanol–water partition coefficient (Wildman–Crippen LogP) is 1.97. The molecule has 0 radical (unpaired) electrons. The van der Waals surface area contributed by atoms with Gasteiger partial charge in [0.1, 0.15) is 0 Å². The van der Waals surface area contributed by atoms with E-state index in [1.165, 1.54) is 0 Å². The summed E-state index contributed by atoms with van der Waals surface area (Å²) in [6.07, 6.45) is 1.76. The van der Waals surface area contributed by atoms with Crippen LogP contribution in [0.3, 0.4) is 0 Å². The first-order valence-corrected chi connectivity index (χ1v) is 6.46. The Labute approximate surface area is 117 Å². The van der Waals surface area contributed by atoms with E-state index in [0.29, 0.717) is 13.1 Å². The third-order valence-corrected chi connectivity index (χ3v) is 3.67. The summed E-state index contributed by atoms with van der Waals surface area (Å²) in [5.74, 6) is 0.0410. The van der Waals surface area contributed by atoms with Crippen LogP contribution in [0.4, 0.5) is 0 Å². The topological polar surface area (TPSA) is 50.5 Å². The van der Waals surface area contributed by atoms with Crippen molar-refractivity contribution in [1.29, 1.82) is 0 Å².